The summed E-state index contributed by atoms with van der Waals surface area (Å²) in [6.45, 7) is 9.52. The maximum atomic E-state index is 11.8. The largest absolute Gasteiger partial charge is 0.342 e. The molecule has 2 heterocycles. The second kappa shape index (κ2) is 4.79. The second-order valence-electron chi connectivity index (χ2n) is 6.24. The zero-order chi connectivity index (χ0) is 14.2. The Bertz CT molecular complexity index is 481. The van der Waals surface area contributed by atoms with Crippen LogP contribution in [0, 0.1) is 0 Å². The lowest BCUT2D eigenvalue weighted by molar-refractivity contribution is -0.130. The van der Waals surface area contributed by atoms with Crippen molar-refractivity contribution in [1.29, 1.82) is 0 Å². The summed E-state index contributed by atoms with van der Waals surface area (Å²) in [6.07, 6.45) is 1.78. The molecule has 1 atom stereocenters. The number of hydrogen-bond acceptors (Lipinski definition) is 4. The lowest BCUT2D eigenvalue weighted by atomic mass is 9.92. The molecular weight excluding hydrogens is 240 g/mol. The number of hydrogen-bond donors (Lipinski definition) is 0. The number of likely N-dealkylation sites (N-methyl/N-ethyl adjacent to an activating group) is 1. The molecule has 1 aromatic heterocycles. The third kappa shape index (κ3) is 2.85. The molecule has 0 bridgehead atoms. The van der Waals surface area contributed by atoms with Crippen molar-refractivity contribution in [2.45, 2.75) is 39.2 Å². The Balaban J connectivity index is 2.29. The van der Waals surface area contributed by atoms with Crippen LogP contribution in [0.4, 0.5) is 5.95 Å². The van der Waals surface area contributed by atoms with Crippen LogP contribution in [0.25, 0.3) is 0 Å². The van der Waals surface area contributed by atoms with E-state index in [1.165, 1.54) is 0 Å². The zero-order valence-corrected chi connectivity index (χ0v) is 12.3. The van der Waals surface area contributed by atoms with Gasteiger partial charge in [-0.2, -0.15) is 0 Å². The topological polar surface area (TPSA) is 49.3 Å². The highest BCUT2D eigenvalue weighted by molar-refractivity contribution is 5.82. The lowest BCUT2D eigenvalue weighted by Crippen LogP contribution is -2.54. The Labute approximate surface area is 114 Å². The fraction of sp³-hybridized carbons (Fsp3) is 0.643. The van der Waals surface area contributed by atoms with E-state index in [1.807, 2.05) is 18.0 Å². The van der Waals surface area contributed by atoms with Gasteiger partial charge in [0.05, 0.1) is 5.69 Å². The van der Waals surface area contributed by atoms with Crippen molar-refractivity contribution in [2.24, 2.45) is 0 Å². The van der Waals surface area contributed by atoms with Gasteiger partial charge in [-0.3, -0.25) is 4.79 Å². The summed E-state index contributed by atoms with van der Waals surface area (Å²) < 4.78 is 0. The summed E-state index contributed by atoms with van der Waals surface area (Å²) in [5, 5.41) is 0. The molecule has 5 heteroatoms. The maximum Gasteiger partial charge on any atom is 0.242 e. The van der Waals surface area contributed by atoms with Gasteiger partial charge in [-0.15, -0.1) is 0 Å². The molecule has 1 aromatic rings. The fourth-order valence-electron chi connectivity index (χ4n) is 2.19. The molecule has 0 aliphatic carbocycles. The molecule has 1 unspecified atom stereocenters. The number of anilines is 1. The van der Waals surface area contributed by atoms with Crippen LogP contribution >= 0.6 is 0 Å². The molecule has 1 aliphatic rings. The molecule has 1 saturated heterocycles. The number of amides is 1. The Morgan fingerprint density at radius 3 is 2.68 bits per heavy atom. The van der Waals surface area contributed by atoms with Crippen LogP contribution in [-0.4, -0.2) is 47.0 Å². The normalized spacial score (nSPS) is 20.9. The molecule has 1 amide bonds. The van der Waals surface area contributed by atoms with E-state index in [0.29, 0.717) is 19.0 Å². The molecule has 19 heavy (non-hydrogen) atoms. The monoisotopic (exact) mass is 262 g/mol. The minimum absolute atomic E-state index is 0.0164. The van der Waals surface area contributed by atoms with Crippen LogP contribution in [0.2, 0.25) is 0 Å². The third-order valence-electron chi connectivity index (χ3n) is 3.47. The lowest BCUT2D eigenvalue weighted by Gasteiger charge is -2.37. The first-order valence-corrected chi connectivity index (χ1v) is 6.63. The van der Waals surface area contributed by atoms with E-state index >= 15 is 0 Å². The second-order valence-corrected chi connectivity index (χ2v) is 6.24. The average Bonchev–Trinajstić information content (AvgIpc) is 2.33. The molecule has 1 aliphatic heterocycles. The number of carbonyl (C=O) groups is 1. The average molecular weight is 262 g/mol. The molecule has 0 radical (unpaired) electrons. The van der Waals surface area contributed by atoms with Crippen molar-refractivity contribution in [3.8, 4) is 0 Å². The van der Waals surface area contributed by atoms with Crippen LogP contribution in [0.3, 0.4) is 0 Å². The number of carbonyl (C=O) groups excluding carboxylic acids is 1. The summed E-state index contributed by atoms with van der Waals surface area (Å²) in [5.74, 6) is 0.768. The number of rotatable bonds is 1. The van der Waals surface area contributed by atoms with Gasteiger partial charge in [0, 0.05) is 31.2 Å². The van der Waals surface area contributed by atoms with Crippen molar-refractivity contribution in [2.75, 3.05) is 25.0 Å². The molecule has 0 N–H and O–H groups in total. The Hall–Kier alpha value is -1.65. The standard InChI is InChI=1S/C14H22N4O/c1-10-8-17(5)12(19)9-18(10)13-15-7-6-11(16-13)14(2,3)4/h6-7,10H,8-9H2,1-5H3. The van der Waals surface area contributed by atoms with Gasteiger partial charge in [-0.1, -0.05) is 20.8 Å². The quantitative estimate of drug-likeness (QED) is 0.768. The van der Waals surface area contributed by atoms with Gasteiger partial charge in [0.15, 0.2) is 0 Å². The number of piperazine rings is 1. The Morgan fingerprint density at radius 1 is 1.37 bits per heavy atom. The van der Waals surface area contributed by atoms with Gasteiger partial charge in [0.25, 0.3) is 0 Å². The molecule has 0 saturated carbocycles. The van der Waals surface area contributed by atoms with Crippen molar-refractivity contribution >= 4 is 11.9 Å². The molecule has 104 valence electrons. The minimum atomic E-state index is -0.0164. The van der Waals surface area contributed by atoms with E-state index in [4.69, 9.17) is 0 Å². The van der Waals surface area contributed by atoms with Gasteiger partial charge >= 0.3 is 0 Å². The van der Waals surface area contributed by atoms with E-state index < -0.39 is 0 Å². The summed E-state index contributed by atoms with van der Waals surface area (Å²) in [4.78, 5) is 24.5. The predicted octanol–water partition coefficient (Wildman–Crippen LogP) is 1.44. The number of aromatic nitrogens is 2. The van der Waals surface area contributed by atoms with Gasteiger partial charge in [-0.25, -0.2) is 9.97 Å². The van der Waals surface area contributed by atoms with E-state index in [-0.39, 0.29) is 17.4 Å². The van der Waals surface area contributed by atoms with Gasteiger partial charge in [-0.05, 0) is 13.0 Å². The van der Waals surface area contributed by atoms with Gasteiger partial charge in [0.2, 0.25) is 11.9 Å². The predicted molar refractivity (Wildman–Crippen MR) is 75.2 cm³/mol. The summed E-state index contributed by atoms with van der Waals surface area (Å²) >= 11 is 0. The molecule has 0 aromatic carbocycles. The van der Waals surface area contributed by atoms with Crippen molar-refractivity contribution < 1.29 is 4.79 Å². The molecule has 5 nitrogen and oxygen atoms in total. The Morgan fingerprint density at radius 2 is 2.05 bits per heavy atom. The first-order valence-electron chi connectivity index (χ1n) is 6.63. The van der Waals surface area contributed by atoms with Crippen LogP contribution in [0.1, 0.15) is 33.4 Å². The highest BCUT2D eigenvalue weighted by Gasteiger charge is 2.29. The zero-order valence-electron chi connectivity index (χ0n) is 12.3. The molecule has 0 spiro atoms. The van der Waals surface area contributed by atoms with Gasteiger partial charge in [0.1, 0.15) is 6.54 Å². The Kier molecular flexibility index (Phi) is 3.47. The smallest absolute Gasteiger partial charge is 0.242 e. The summed E-state index contributed by atoms with van der Waals surface area (Å²) in [7, 11) is 1.84. The first-order chi connectivity index (χ1) is 8.79. The van der Waals surface area contributed by atoms with Crippen LogP contribution in [0.5, 0.6) is 0 Å². The SMILES string of the molecule is CC1CN(C)C(=O)CN1c1nccc(C(C)(C)C)n1. The van der Waals surface area contributed by atoms with Crippen molar-refractivity contribution in [1.82, 2.24) is 14.9 Å². The van der Waals surface area contributed by atoms with Crippen molar-refractivity contribution in [3.63, 3.8) is 0 Å². The molecular formula is C14H22N4O. The highest BCUT2D eigenvalue weighted by Crippen LogP contribution is 2.23. The van der Waals surface area contributed by atoms with Gasteiger partial charge < -0.3 is 9.80 Å². The van der Waals surface area contributed by atoms with E-state index in [1.54, 1.807) is 11.1 Å². The van der Waals surface area contributed by atoms with Crippen LogP contribution in [-0.2, 0) is 10.2 Å². The fourth-order valence-corrected chi connectivity index (χ4v) is 2.19. The minimum Gasteiger partial charge on any atom is -0.342 e. The van der Waals surface area contributed by atoms with E-state index in [0.717, 1.165) is 5.69 Å². The first kappa shape index (κ1) is 13.8. The summed E-state index contributed by atoms with van der Waals surface area (Å²) in [6, 6.07) is 2.17. The van der Waals surface area contributed by atoms with E-state index in [2.05, 4.69) is 37.7 Å². The third-order valence-corrected chi connectivity index (χ3v) is 3.47. The van der Waals surface area contributed by atoms with E-state index in [9.17, 15) is 4.79 Å². The van der Waals surface area contributed by atoms with Crippen LogP contribution in [0.15, 0.2) is 12.3 Å². The summed E-state index contributed by atoms with van der Waals surface area (Å²) in [5.41, 5.74) is 0.980. The molecule has 1 fully saturated rings. The van der Waals surface area contributed by atoms with Crippen molar-refractivity contribution in [3.05, 3.63) is 18.0 Å². The molecule has 2 rings (SSSR count). The van der Waals surface area contributed by atoms with Crippen LogP contribution < -0.4 is 4.90 Å². The maximum absolute atomic E-state index is 11.8. The number of nitrogens with zero attached hydrogens (tertiary/aromatic N) is 4. The highest BCUT2D eigenvalue weighted by atomic mass is 16.2.